The number of amidine groups is 1. The number of phenols is 1. The van der Waals surface area contributed by atoms with Gasteiger partial charge in [-0.05, 0) is 60.2 Å². The van der Waals surface area contributed by atoms with Gasteiger partial charge in [0.05, 0.1) is 7.11 Å². The average molecular weight is 518 g/mol. The molecule has 6 nitrogen and oxygen atoms in total. The fraction of sp³-hybridized carbons (Fsp3) is 0.0323. The van der Waals surface area contributed by atoms with Crippen LogP contribution in [-0.2, 0) is 4.79 Å². The lowest BCUT2D eigenvalue weighted by molar-refractivity contribution is -0.113. The molecule has 0 fully saturated rings. The summed E-state index contributed by atoms with van der Waals surface area (Å²) in [5, 5.41) is 10.9. The summed E-state index contributed by atoms with van der Waals surface area (Å²) in [5.41, 5.74) is 2.74. The number of aromatic nitrogens is 1. The number of aromatic hydroxyl groups is 1. The fourth-order valence-corrected chi connectivity index (χ4v) is 5.25. The number of carbonyl (C=O) groups excluding carboxylic acids is 1. The number of phenolic OH excluding ortho intramolecular Hbond substituents is 1. The number of nitrogens with one attached hydrogen (secondary N) is 1. The van der Waals surface area contributed by atoms with Crippen LogP contribution in [0.5, 0.6) is 11.5 Å². The van der Waals surface area contributed by atoms with Gasteiger partial charge in [-0.1, -0.05) is 66.4 Å². The number of nitrogens with zero attached hydrogens (tertiary/aromatic N) is 2. The Kier molecular flexibility index (Phi) is 6.19. The Hall–Kier alpha value is -4.75. The van der Waals surface area contributed by atoms with Crippen LogP contribution >= 0.6 is 11.8 Å². The van der Waals surface area contributed by atoms with E-state index in [1.54, 1.807) is 34.9 Å². The molecule has 0 radical (unpaired) electrons. The second kappa shape index (κ2) is 9.95. The van der Waals surface area contributed by atoms with Crippen molar-refractivity contribution in [3.8, 4) is 11.5 Å². The van der Waals surface area contributed by atoms with Gasteiger partial charge >= 0.3 is 0 Å². The molecule has 4 aromatic carbocycles. The lowest BCUT2D eigenvalue weighted by Gasteiger charge is -2.16. The first kappa shape index (κ1) is 23.6. The molecule has 0 saturated heterocycles. The van der Waals surface area contributed by atoms with Gasteiger partial charge in [0, 0.05) is 26.3 Å². The van der Waals surface area contributed by atoms with E-state index in [0.717, 1.165) is 26.3 Å². The topological polar surface area (TPSA) is 77.9 Å². The van der Waals surface area contributed by atoms with Crippen LogP contribution in [0.4, 0.5) is 5.82 Å². The van der Waals surface area contributed by atoms with Crippen molar-refractivity contribution >= 4 is 46.3 Å². The van der Waals surface area contributed by atoms with E-state index in [9.17, 15) is 9.90 Å². The number of benzene rings is 4. The summed E-state index contributed by atoms with van der Waals surface area (Å²) in [6.07, 6.45) is 1.70. The Morgan fingerprint density at radius 1 is 0.895 bits per heavy atom. The van der Waals surface area contributed by atoms with Gasteiger partial charge in [-0.3, -0.25) is 4.79 Å². The number of aliphatic imine (C=N–C) groups is 1. The second-order valence-corrected chi connectivity index (χ2v) is 9.87. The van der Waals surface area contributed by atoms with E-state index >= 15 is 0 Å². The largest absolute Gasteiger partial charge is 0.504 e. The molecule has 7 heteroatoms. The van der Waals surface area contributed by atoms with E-state index in [-0.39, 0.29) is 17.4 Å². The molecule has 5 aromatic rings. The molecule has 0 unspecified atom stereocenters. The Bertz CT molecular complexity index is 1710. The normalized spacial score (nSPS) is 14.3. The van der Waals surface area contributed by atoms with E-state index in [2.05, 4.69) is 29.2 Å². The highest BCUT2D eigenvalue weighted by atomic mass is 32.2. The number of amides is 1. The van der Waals surface area contributed by atoms with Crippen molar-refractivity contribution in [2.24, 2.45) is 4.99 Å². The van der Waals surface area contributed by atoms with Crippen LogP contribution < -0.4 is 9.64 Å². The van der Waals surface area contributed by atoms with Crippen LogP contribution in [0.25, 0.3) is 17.0 Å². The van der Waals surface area contributed by atoms with E-state index in [1.807, 2.05) is 60.7 Å². The summed E-state index contributed by atoms with van der Waals surface area (Å²) < 4.78 is 5.22. The van der Waals surface area contributed by atoms with Gasteiger partial charge in [-0.25, -0.2) is 9.89 Å². The summed E-state index contributed by atoms with van der Waals surface area (Å²) >= 11 is 1.69. The van der Waals surface area contributed by atoms with Gasteiger partial charge < -0.3 is 14.8 Å². The van der Waals surface area contributed by atoms with E-state index in [1.165, 1.54) is 13.2 Å². The Morgan fingerprint density at radius 2 is 1.66 bits per heavy atom. The maximum absolute atomic E-state index is 13.7. The average Bonchev–Trinajstić information content (AvgIpc) is 3.51. The molecule has 0 saturated carbocycles. The number of H-pyrrole nitrogens is 1. The minimum atomic E-state index is -0.249. The van der Waals surface area contributed by atoms with Gasteiger partial charge in [0.2, 0.25) is 0 Å². The SMILES string of the molecule is COc1cc(/C=C2\N=C(c3ccccc3)N(c3cc4cc(Sc5ccccc5)ccc4[nH]3)C2=O)ccc1O. The Balaban J connectivity index is 1.39. The van der Waals surface area contributed by atoms with Crippen molar-refractivity contribution in [2.45, 2.75) is 9.79 Å². The first-order chi connectivity index (χ1) is 18.6. The summed E-state index contributed by atoms with van der Waals surface area (Å²) in [4.78, 5) is 25.8. The minimum absolute atomic E-state index is 0.0328. The predicted octanol–water partition coefficient (Wildman–Crippen LogP) is 6.87. The zero-order valence-electron chi connectivity index (χ0n) is 20.5. The Morgan fingerprint density at radius 3 is 2.42 bits per heavy atom. The van der Waals surface area contributed by atoms with Crippen LogP contribution in [0, 0.1) is 0 Å². The van der Waals surface area contributed by atoms with Gasteiger partial charge in [-0.2, -0.15) is 0 Å². The summed E-state index contributed by atoms with van der Waals surface area (Å²) in [5.74, 6) is 1.29. The first-order valence-corrected chi connectivity index (χ1v) is 12.8. The molecular weight excluding hydrogens is 494 g/mol. The van der Waals surface area contributed by atoms with Crippen molar-refractivity contribution in [3.63, 3.8) is 0 Å². The molecule has 186 valence electrons. The van der Waals surface area contributed by atoms with Gasteiger partial charge in [0.15, 0.2) is 11.5 Å². The van der Waals surface area contributed by atoms with E-state index < -0.39 is 0 Å². The van der Waals surface area contributed by atoms with Crippen molar-refractivity contribution in [2.75, 3.05) is 12.0 Å². The van der Waals surface area contributed by atoms with E-state index in [4.69, 9.17) is 9.73 Å². The Labute approximate surface area is 223 Å². The summed E-state index contributed by atoms with van der Waals surface area (Å²) in [7, 11) is 1.49. The molecule has 1 aliphatic heterocycles. The lowest BCUT2D eigenvalue weighted by Crippen LogP contribution is -2.32. The van der Waals surface area contributed by atoms with Crippen molar-refractivity contribution in [1.29, 1.82) is 0 Å². The molecule has 2 heterocycles. The third-order valence-corrected chi connectivity index (χ3v) is 7.19. The molecule has 1 aromatic heterocycles. The number of methoxy groups -OCH3 is 1. The summed E-state index contributed by atoms with van der Waals surface area (Å²) in [6, 6.07) is 33.0. The highest BCUT2D eigenvalue weighted by Crippen LogP contribution is 2.34. The number of hydrogen-bond donors (Lipinski definition) is 2. The molecule has 0 atom stereocenters. The number of anilines is 1. The number of rotatable bonds is 6. The number of hydrogen-bond acceptors (Lipinski definition) is 5. The lowest BCUT2D eigenvalue weighted by atomic mass is 10.1. The molecule has 38 heavy (non-hydrogen) atoms. The van der Waals surface area contributed by atoms with Crippen molar-refractivity contribution < 1.29 is 14.6 Å². The third kappa shape index (κ3) is 4.55. The van der Waals surface area contributed by atoms with Gasteiger partial charge in [0.25, 0.3) is 5.91 Å². The summed E-state index contributed by atoms with van der Waals surface area (Å²) in [6.45, 7) is 0. The van der Waals surface area contributed by atoms with E-state index in [0.29, 0.717) is 23.0 Å². The molecule has 1 aliphatic rings. The standard InChI is InChI=1S/C31H23N3O3S/c1-37-28-17-20(12-15-27(28)35)16-26-31(36)34(30(33-26)21-8-4-2-5-9-21)29-19-22-18-24(13-14-25(22)32-29)38-23-10-6-3-7-11-23/h2-19,32,35H,1H3/b26-16-. The quantitative estimate of drug-likeness (QED) is 0.241. The maximum Gasteiger partial charge on any atom is 0.283 e. The van der Waals surface area contributed by atoms with Crippen molar-refractivity contribution in [3.05, 3.63) is 120 Å². The van der Waals surface area contributed by atoms with Crippen LogP contribution in [0.2, 0.25) is 0 Å². The molecule has 6 rings (SSSR count). The highest BCUT2D eigenvalue weighted by molar-refractivity contribution is 7.99. The van der Waals surface area contributed by atoms with Crippen LogP contribution in [0.1, 0.15) is 11.1 Å². The fourth-order valence-electron chi connectivity index (χ4n) is 4.37. The number of carbonyl (C=O) groups is 1. The number of aromatic amines is 1. The zero-order chi connectivity index (χ0) is 26.1. The van der Waals surface area contributed by atoms with Crippen LogP contribution in [-0.4, -0.2) is 28.9 Å². The van der Waals surface area contributed by atoms with Crippen LogP contribution in [0.3, 0.4) is 0 Å². The molecule has 0 bridgehead atoms. The first-order valence-electron chi connectivity index (χ1n) is 12.0. The second-order valence-electron chi connectivity index (χ2n) is 8.72. The van der Waals surface area contributed by atoms with Crippen LogP contribution in [0.15, 0.2) is 124 Å². The number of ether oxygens (including phenoxy) is 1. The predicted molar refractivity (Wildman–Crippen MR) is 152 cm³/mol. The molecule has 2 N–H and O–H groups in total. The van der Waals surface area contributed by atoms with Gasteiger partial charge in [0.1, 0.15) is 17.4 Å². The monoisotopic (exact) mass is 517 g/mol. The zero-order valence-corrected chi connectivity index (χ0v) is 21.3. The third-order valence-electron chi connectivity index (χ3n) is 6.20. The molecular formula is C31H23N3O3S. The molecule has 0 aliphatic carbocycles. The number of fused-ring (bicyclic) bond motifs is 1. The maximum atomic E-state index is 13.7. The highest BCUT2D eigenvalue weighted by Gasteiger charge is 2.33. The molecule has 1 amide bonds. The van der Waals surface area contributed by atoms with Gasteiger partial charge in [-0.15, -0.1) is 0 Å². The molecule has 0 spiro atoms. The minimum Gasteiger partial charge on any atom is -0.504 e. The smallest absolute Gasteiger partial charge is 0.283 e. The van der Waals surface area contributed by atoms with Crippen molar-refractivity contribution in [1.82, 2.24) is 4.98 Å².